The van der Waals surface area contributed by atoms with E-state index >= 15 is 0 Å². The topological polar surface area (TPSA) is 45.5 Å². The fraction of sp³-hybridized carbons (Fsp3) is 0.571. The Hall–Kier alpha value is -1.78. The summed E-state index contributed by atoms with van der Waals surface area (Å²) in [6.45, 7) is 11.5. The molecule has 0 amide bonds. The van der Waals surface area contributed by atoms with Crippen LogP contribution >= 0.6 is 0 Å². The molecule has 0 aliphatic rings. The Bertz CT molecular complexity index is 532. The number of hydrogen-bond donors (Lipinski definition) is 1. The number of imidazole rings is 1. The van der Waals surface area contributed by atoms with Crippen LogP contribution in [0.1, 0.15) is 27.7 Å². The largest absolute Gasteiger partial charge is 0.369 e. The summed E-state index contributed by atoms with van der Waals surface area (Å²) in [5, 5.41) is 3.28. The molecule has 0 saturated heterocycles. The van der Waals surface area contributed by atoms with Crippen molar-refractivity contribution < 1.29 is 0 Å². The molecule has 0 spiro atoms. The van der Waals surface area contributed by atoms with E-state index in [9.17, 15) is 0 Å². The highest BCUT2D eigenvalue weighted by atomic mass is 15.2. The summed E-state index contributed by atoms with van der Waals surface area (Å²) >= 11 is 0. The second-order valence-electron chi connectivity index (χ2n) is 5.07. The Balaban J connectivity index is 2.45. The van der Waals surface area contributed by atoms with E-state index in [1.807, 2.05) is 23.0 Å². The molecule has 0 saturated carbocycles. The molecule has 0 aromatic carbocycles. The molecule has 0 atom stereocenters. The van der Waals surface area contributed by atoms with E-state index in [0.29, 0.717) is 5.92 Å². The van der Waals surface area contributed by atoms with Gasteiger partial charge in [-0.3, -0.25) is 0 Å². The van der Waals surface area contributed by atoms with Crippen LogP contribution in [0.3, 0.4) is 0 Å². The maximum atomic E-state index is 4.72. The molecule has 0 bridgehead atoms. The quantitative estimate of drug-likeness (QED) is 0.868. The summed E-state index contributed by atoms with van der Waals surface area (Å²) in [5.74, 6) is 2.45. The molecule has 0 fully saturated rings. The third-order valence-corrected chi connectivity index (χ3v) is 2.98. The first-order valence-corrected chi connectivity index (χ1v) is 6.98. The number of rotatable bonds is 6. The minimum absolute atomic E-state index is 0.597. The van der Waals surface area contributed by atoms with Gasteiger partial charge in [-0.15, -0.1) is 0 Å². The van der Waals surface area contributed by atoms with E-state index in [2.05, 4.69) is 42.9 Å². The predicted molar refractivity (Wildman–Crippen MR) is 79.9 cm³/mol. The van der Waals surface area contributed by atoms with E-state index in [1.165, 1.54) is 0 Å². The van der Waals surface area contributed by atoms with Gasteiger partial charge in [-0.05, 0) is 19.8 Å². The number of anilines is 2. The average Bonchev–Trinajstić information content (AvgIpc) is 2.83. The van der Waals surface area contributed by atoms with Gasteiger partial charge in [0.15, 0.2) is 11.5 Å². The molecular weight excluding hydrogens is 238 g/mol. The highest BCUT2D eigenvalue weighted by Crippen LogP contribution is 2.21. The summed E-state index contributed by atoms with van der Waals surface area (Å²) in [6.07, 6.45) is 5.77. The first kappa shape index (κ1) is 13.6. The molecular formula is C14H23N5. The summed E-state index contributed by atoms with van der Waals surface area (Å²) in [5.41, 5.74) is 0.921. The van der Waals surface area contributed by atoms with Gasteiger partial charge in [0.25, 0.3) is 0 Å². The lowest BCUT2D eigenvalue weighted by Gasteiger charge is -2.24. The minimum Gasteiger partial charge on any atom is -0.369 e. The molecule has 19 heavy (non-hydrogen) atoms. The van der Waals surface area contributed by atoms with Crippen LogP contribution in [0.25, 0.3) is 5.65 Å². The summed E-state index contributed by atoms with van der Waals surface area (Å²) in [7, 11) is 0. The van der Waals surface area contributed by atoms with E-state index in [1.54, 1.807) is 0 Å². The van der Waals surface area contributed by atoms with Crippen molar-refractivity contribution >= 4 is 17.3 Å². The van der Waals surface area contributed by atoms with Crippen molar-refractivity contribution in [1.82, 2.24) is 14.4 Å². The van der Waals surface area contributed by atoms with Gasteiger partial charge in [0.1, 0.15) is 5.82 Å². The average molecular weight is 261 g/mol. The molecule has 2 aromatic heterocycles. The minimum atomic E-state index is 0.597. The predicted octanol–water partition coefficient (Wildman–Crippen LogP) is 2.64. The Morgan fingerprint density at radius 2 is 2.16 bits per heavy atom. The van der Waals surface area contributed by atoms with Crippen molar-refractivity contribution in [3.8, 4) is 0 Å². The summed E-state index contributed by atoms with van der Waals surface area (Å²) in [4.78, 5) is 11.4. The molecule has 5 heteroatoms. The third kappa shape index (κ3) is 2.97. The lowest BCUT2D eigenvalue weighted by atomic mass is 10.2. The molecule has 0 radical (unpaired) electrons. The molecule has 1 N–H and O–H groups in total. The molecule has 0 aliphatic carbocycles. The number of nitrogens with zero attached hydrogens (tertiary/aromatic N) is 4. The maximum Gasteiger partial charge on any atom is 0.180 e. The van der Waals surface area contributed by atoms with Gasteiger partial charge in [-0.2, -0.15) is 0 Å². The normalized spacial score (nSPS) is 11.2. The second-order valence-corrected chi connectivity index (χ2v) is 5.07. The van der Waals surface area contributed by atoms with Crippen LogP contribution in [-0.4, -0.2) is 34.0 Å². The zero-order valence-corrected chi connectivity index (χ0v) is 12.2. The van der Waals surface area contributed by atoms with Crippen molar-refractivity contribution in [1.29, 1.82) is 0 Å². The van der Waals surface area contributed by atoms with Crippen molar-refractivity contribution in [2.24, 2.45) is 5.92 Å². The molecule has 5 nitrogen and oxygen atoms in total. The molecule has 0 aliphatic heterocycles. The lowest BCUT2D eigenvalue weighted by Crippen LogP contribution is -2.29. The lowest BCUT2D eigenvalue weighted by molar-refractivity contribution is 0.615. The Labute approximate surface area is 114 Å². The fourth-order valence-corrected chi connectivity index (χ4v) is 2.20. The second kappa shape index (κ2) is 5.91. The summed E-state index contributed by atoms with van der Waals surface area (Å²) < 4.78 is 2.03. The van der Waals surface area contributed by atoms with Crippen molar-refractivity contribution in [2.45, 2.75) is 27.7 Å². The van der Waals surface area contributed by atoms with Gasteiger partial charge >= 0.3 is 0 Å². The van der Waals surface area contributed by atoms with Crippen molar-refractivity contribution in [3.05, 3.63) is 18.6 Å². The van der Waals surface area contributed by atoms with Gasteiger partial charge in [-0.1, -0.05) is 13.8 Å². The van der Waals surface area contributed by atoms with Gasteiger partial charge in [0.05, 0.1) is 6.20 Å². The van der Waals surface area contributed by atoms with E-state index in [-0.39, 0.29) is 0 Å². The van der Waals surface area contributed by atoms with Crippen LogP contribution in [-0.2, 0) is 0 Å². The van der Waals surface area contributed by atoms with Gasteiger partial charge in [0, 0.05) is 32.0 Å². The van der Waals surface area contributed by atoms with Crippen LogP contribution in [0.4, 0.5) is 11.6 Å². The SMILES string of the molecule is CCNc1cn2ccnc2c(N(CC)CC(C)C)n1. The molecule has 2 rings (SSSR count). The van der Waals surface area contributed by atoms with Crippen molar-refractivity contribution in [3.63, 3.8) is 0 Å². The number of fused-ring (bicyclic) bond motifs is 1. The Morgan fingerprint density at radius 3 is 2.79 bits per heavy atom. The molecule has 2 heterocycles. The highest BCUT2D eigenvalue weighted by Gasteiger charge is 2.14. The van der Waals surface area contributed by atoms with Crippen molar-refractivity contribution in [2.75, 3.05) is 29.9 Å². The maximum absolute atomic E-state index is 4.72. The smallest absolute Gasteiger partial charge is 0.180 e. The number of hydrogen-bond acceptors (Lipinski definition) is 4. The molecule has 104 valence electrons. The van der Waals surface area contributed by atoms with E-state index in [0.717, 1.165) is 36.9 Å². The van der Waals surface area contributed by atoms with Crippen LogP contribution < -0.4 is 10.2 Å². The number of aromatic nitrogens is 3. The zero-order chi connectivity index (χ0) is 13.8. The van der Waals surface area contributed by atoms with Crippen LogP contribution in [0.5, 0.6) is 0 Å². The highest BCUT2D eigenvalue weighted by molar-refractivity contribution is 5.66. The van der Waals surface area contributed by atoms with Crippen LogP contribution in [0, 0.1) is 5.92 Å². The summed E-state index contributed by atoms with van der Waals surface area (Å²) in [6, 6.07) is 0. The van der Waals surface area contributed by atoms with Crippen LogP contribution in [0.15, 0.2) is 18.6 Å². The zero-order valence-electron chi connectivity index (χ0n) is 12.2. The van der Waals surface area contributed by atoms with Gasteiger partial charge < -0.3 is 14.6 Å². The fourth-order valence-electron chi connectivity index (χ4n) is 2.20. The Morgan fingerprint density at radius 1 is 1.37 bits per heavy atom. The third-order valence-electron chi connectivity index (χ3n) is 2.98. The Kier molecular flexibility index (Phi) is 4.24. The van der Waals surface area contributed by atoms with Crippen LogP contribution in [0.2, 0.25) is 0 Å². The van der Waals surface area contributed by atoms with Gasteiger partial charge in [-0.25, -0.2) is 9.97 Å². The van der Waals surface area contributed by atoms with E-state index in [4.69, 9.17) is 4.98 Å². The monoisotopic (exact) mass is 261 g/mol. The van der Waals surface area contributed by atoms with E-state index < -0.39 is 0 Å². The standard InChI is InChI=1S/C14H23N5/c1-5-15-12-10-19-8-7-16-13(19)14(17-12)18(6-2)9-11(3)4/h7-8,10-11,15H,5-6,9H2,1-4H3. The first-order valence-electron chi connectivity index (χ1n) is 6.98. The molecule has 0 unspecified atom stereocenters. The van der Waals surface area contributed by atoms with Gasteiger partial charge in [0.2, 0.25) is 0 Å². The number of nitrogens with one attached hydrogen (secondary N) is 1. The molecule has 2 aromatic rings. The first-order chi connectivity index (χ1) is 9.15.